The van der Waals surface area contributed by atoms with Gasteiger partial charge in [0.15, 0.2) is 0 Å². The van der Waals surface area contributed by atoms with Crippen LogP contribution in [0.4, 0.5) is 5.69 Å². The Kier molecular flexibility index (Phi) is 3.95. The molecular weight excluding hydrogens is 290 g/mol. The van der Waals surface area contributed by atoms with Crippen LogP contribution in [-0.4, -0.2) is 43.1 Å². The number of nitrogens with one attached hydrogen (secondary N) is 1. The van der Waals surface area contributed by atoms with Crippen LogP contribution in [0.15, 0.2) is 12.1 Å². The van der Waals surface area contributed by atoms with E-state index in [1.165, 1.54) is 7.11 Å². The van der Waals surface area contributed by atoms with Crippen LogP contribution in [0, 0.1) is 0 Å². The zero-order valence-electron chi connectivity index (χ0n) is 12.1. The van der Waals surface area contributed by atoms with E-state index in [4.69, 9.17) is 22.1 Å². The number of nitrogens with two attached hydrogens (primary N) is 1. The van der Waals surface area contributed by atoms with Gasteiger partial charge in [-0.05, 0) is 31.9 Å². The number of fused-ring (bicyclic) bond motifs is 2. The van der Waals surface area contributed by atoms with Gasteiger partial charge in [-0.3, -0.25) is 4.79 Å². The molecule has 2 atom stereocenters. The topological polar surface area (TPSA) is 67.6 Å². The lowest BCUT2D eigenvalue weighted by Gasteiger charge is -2.28. The van der Waals surface area contributed by atoms with Crippen LogP contribution in [0.3, 0.4) is 0 Å². The highest BCUT2D eigenvalue weighted by atomic mass is 35.5. The van der Waals surface area contributed by atoms with E-state index in [0.29, 0.717) is 28.1 Å². The lowest BCUT2D eigenvalue weighted by Crippen LogP contribution is -2.42. The third-order valence-corrected chi connectivity index (χ3v) is 4.77. The molecule has 6 heteroatoms. The van der Waals surface area contributed by atoms with Crippen LogP contribution < -0.4 is 15.8 Å². The van der Waals surface area contributed by atoms with Gasteiger partial charge in [-0.25, -0.2) is 0 Å². The van der Waals surface area contributed by atoms with Crippen molar-refractivity contribution >= 4 is 23.2 Å². The number of carbonyl (C=O) groups excluding carboxylic acids is 1. The van der Waals surface area contributed by atoms with E-state index in [1.807, 2.05) is 4.90 Å². The summed E-state index contributed by atoms with van der Waals surface area (Å²) in [5.74, 6) is 0.475. The normalized spacial score (nSPS) is 24.8. The number of carbonyl (C=O) groups is 1. The Bertz CT molecular complexity index is 550. The maximum Gasteiger partial charge on any atom is 0.258 e. The highest BCUT2D eigenvalue weighted by Gasteiger charge is 2.39. The highest BCUT2D eigenvalue weighted by molar-refractivity contribution is 6.33. The van der Waals surface area contributed by atoms with Gasteiger partial charge in [0.25, 0.3) is 5.91 Å². The number of hydrogen-bond donors (Lipinski definition) is 2. The lowest BCUT2D eigenvalue weighted by atomic mass is 10.1. The Morgan fingerprint density at radius 3 is 2.90 bits per heavy atom. The third-order valence-electron chi connectivity index (χ3n) is 4.44. The Hall–Kier alpha value is -1.46. The average Bonchev–Trinajstić information content (AvgIpc) is 2.73. The summed E-state index contributed by atoms with van der Waals surface area (Å²) < 4.78 is 5.31. The molecule has 0 aromatic heterocycles. The molecule has 0 aliphatic carbocycles. The second-order valence-corrected chi connectivity index (χ2v) is 6.07. The van der Waals surface area contributed by atoms with Gasteiger partial charge in [-0.2, -0.15) is 0 Å². The van der Waals surface area contributed by atoms with Crippen molar-refractivity contribution in [3.8, 4) is 5.75 Å². The number of methoxy groups -OCH3 is 1. The molecule has 1 amide bonds. The molecule has 0 spiro atoms. The summed E-state index contributed by atoms with van der Waals surface area (Å²) in [7, 11) is 1.54. The number of anilines is 1. The summed E-state index contributed by atoms with van der Waals surface area (Å²) in [6.07, 6.45) is 3.12. The van der Waals surface area contributed by atoms with Crippen molar-refractivity contribution in [2.24, 2.45) is 0 Å². The van der Waals surface area contributed by atoms with Crippen LogP contribution >= 0.6 is 11.6 Å². The van der Waals surface area contributed by atoms with Crippen LogP contribution in [0.25, 0.3) is 0 Å². The summed E-state index contributed by atoms with van der Waals surface area (Å²) in [4.78, 5) is 15.0. The molecule has 2 saturated heterocycles. The van der Waals surface area contributed by atoms with Crippen LogP contribution in [0.2, 0.25) is 5.02 Å². The Morgan fingerprint density at radius 2 is 2.14 bits per heavy atom. The van der Waals surface area contributed by atoms with E-state index in [1.54, 1.807) is 12.1 Å². The van der Waals surface area contributed by atoms with Gasteiger partial charge in [-0.15, -0.1) is 0 Å². The number of halogens is 1. The largest absolute Gasteiger partial charge is 0.496 e. The van der Waals surface area contributed by atoms with Gasteiger partial charge in [0.1, 0.15) is 5.75 Å². The van der Waals surface area contributed by atoms with E-state index in [0.717, 1.165) is 32.4 Å². The number of nitrogens with zero attached hydrogens (tertiary/aromatic N) is 1. The molecule has 2 unspecified atom stereocenters. The van der Waals surface area contributed by atoms with E-state index in [9.17, 15) is 4.79 Å². The van der Waals surface area contributed by atoms with Crippen molar-refractivity contribution in [3.05, 3.63) is 22.7 Å². The van der Waals surface area contributed by atoms with E-state index in [2.05, 4.69) is 5.32 Å². The maximum absolute atomic E-state index is 13.0. The van der Waals surface area contributed by atoms with Crippen LogP contribution in [0.1, 0.15) is 29.6 Å². The van der Waals surface area contributed by atoms with E-state index >= 15 is 0 Å². The van der Waals surface area contributed by atoms with Crippen molar-refractivity contribution in [1.29, 1.82) is 0 Å². The summed E-state index contributed by atoms with van der Waals surface area (Å²) in [5, 5.41) is 3.78. The Morgan fingerprint density at radius 1 is 1.38 bits per heavy atom. The third kappa shape index (κ3) is 2.56. The fourth-order valence-corrected chi connectivity index (χ4v) is 3.52. The van der Waals surface area contributed by atoms with Gasteiger partial charge in [0, 0.05) is 24.7 Å². The first-order valence-electron chi connectivity index (χ1n) is 7.28. The Labute approximate surface area is 129 Å². The standard InChI is InChI=1S/C15H20ClN3O2/c1-21-14-7-13(17)12(16)6-11(14)15(20)19-9-2-3-10(19)8-18-5-4-9/h6-7,9-10,18H,2-5,8,17H2,1H3. The minimum absolute atomic E-state index is 0.00931. The van der Waals surface area contributed by atoms with Crippen molar-refractivity contribution in [2.45, 2.75) is 31.3 Å². The first-order valence-corrected chi connectivity index (χ1v) is 7.66. The molecule has 2 bridgehead atoms. The predicted molar refractivity (Wildman–Crippen MR) is 82.9 cm³/mol. The quantitative estimate of drug-likeness (QED) is 0.819. The van der Waals surface area contributed by atoms with Crippen molar-refractivity contribution in [2.75, 3.05) is 25.9 Å². The number of nitrogen functional groups attached to an aromatic ring is 1. The zero-order chi connectivity index (χ0) is 15.0. The summed E-state index contributed by atoms with van der Waals surface area (Å²) in [6, 6.07) is 3.80. The van der Waals surface area contributed by atoms with Gasteiger partial charge in [0.05, 0.1) is 23.4 Å². The number of rotatable bonds is 2. The van der Waals surface area contributed by atoms with Crippen molar-refractivity contribution < 1.29 is 9.53 Å². The minimum atomic E-state index is -0.00931. The second-order valence-electron chi connectivity index (χ2n) is 5.66. The first kappa shape index (κ1) is 14.5. The van der Waals surface area contributed by atoms with Crippen molar-refractivity contribution in [3.63, 3.8) is 0 Å². The second kappa shape index (κ2) is 5.73. The minimum Gasteiger partial charge on any atom is -0.496 e. The number of amides is 1. The lowest BCUT2D eigenvalue weighted by molar-refractivity contribution is 0.0677. The van der Waals surface area contributed by atoms with Crippen molar-refractivity contribution in [1.82, 2.24) is 10.2 Å². The van der Waals surface area contributed by atoms with Gasteiger partial charge >= 0.3 is 0 Å². The van der Waals surface area contributed by atoms with E-state index in [-0.39, 0.29) is 11.9 Å². The van der Waals surface area contributed by atoms with Crippen LogP contribution in [-0.2, 0) is 0 Å². The summed E-state index contributed by atoms with van der Waals surface area (Å²) in [5.41, 5.74) is 6.71. The molecule has 3 N–H and O–H groups in total. The zero-order valence-corrected chi connectivity index (χ0v) is 12.8. The number of ether oxygens (including phenoxy) is 1. The summed E-state index contributed by atoms with van der Waals surface area (Å²) >= 11 is 6.08. The fourth-order valence-electron chi connectivity index (χ4n) is 3.36. The van der Waals surface area contributed by atoms with E-state index < -0.39 is 0 Å². The molecule has 5 nitrogen and oxygen atoms in total. The first-order chi connectivity index (χ1) is 10.1. The molecule has 2 aliphatic heterocycles. The molecule has 0 radical (unpaired) electrons. The smallest absolute Gasteiger partial charge is 0.258 e. The molecule has 1 aromatic rings. The Balaban J connectivity index is 1.96. The van der Waals surface area contributed by atoms with Gasteiger partial charge in [0.2, 0.25) is 0 Å². The fraction of sp³-hybridized carbons (Fsp3) is 0.533. The molecule has 0 saturated carbocycles. The average molecular weight is 310 g/mol. The summed E-state index contributed by atoms with van der Waals surface area (Å²) in [6.45, 7) is 1.82. The molecule has 3 rings (SSSR count). The maximum atomic E-state index is 13.0. The molecule has 2 aliphatic rings. The molecule has 2 fully saturated rings. The van der Waals surface area contributed by atoms with Gasteiger partial charge in [-0.1, -0.05) is 11.6 Å². The molecule has 114 valence electrons. The molecule has 1 aromatic carbocycles. The monoisotopic (exact) mass is 309 g/mol. The van der Waals surface area contributed by atoms with Gasteiger partial charge < -0.3 is 20.7 Å². The SMILES string of the molecule is COc1cc(N)c(Cl)cc1C(=O)N1C2CCNCC1CC2. The molecule has 2 heterocycles. The van der Waals surface area contributed by atoms with Crippen LogP contribution in [0.5, 0.6) is 5.75 Å². The number of hydrogen-bond acceptors (Lipinski definition) is 4. The molecule has 21 heavy (non-hydrogen) atoms. The number of benzene rings is 1. The predicted octanol–water partition coefficient (Wildman–Crippen LogP) is 1.90. The highest BCUT2D eigenvalue weighted by Crippen LogP contribution is 2.34. The molecular formula is C15H20ClN3O2.